The number of carbonyl (C=O) groups is 1. The average molecular weight is 243 g/mol. The standard InChI is InChI=1S/C11H21N3OS/c1-7(2)9-6-16-11(14-9)12-5-10(15)13-8(3)4/h7-9H,5-6H2,1-4H3,(H,12,14)(H,13,15). The van der Waals surface area contributed by atoms with Gasteiger partial charge in [-0.25, -0.2) is 0 Å². The van der Waals surface area contributed by atoms with Gasteiger partial charge in [-0.15, -0.1) is 0 Å². The molecule has 1 aliphatic rings. The van der Waals surface area contributed by atoms with Gasteiger partial charge in [0.05, 0.1) is 0 Å². The van der Waals surface area contributed by atoms with Gasteiger partial charge in [0.1, 0.15) is 6.54 Å². The molecule has 2 N–H and O–H groups in total. The molecule has 0 bridgehead atoms. The summed E-state index contributed by atoms with van der Waals surface area (Å²) in [6.07, 6.45) is 0. The Morgan fingerprint density at radius 3 is 2.75 bits per heavy atom. The monoisotopic (exact) mass is 243 g/mol. The van der Waals surface area contributed by atoms with Crippen LogP contribution in [0.4, 0.5) is 0 Å². The number of thioether (sulfide) groups is 1. The van der Waals surface area contributed by atoms with E-state index in [1.54, 1.807) is 11.8 Å². The van der Waals surface area contributed by atoms with Gasteiger partial charge in [0.15, 0.2) is 5.17 Å². The summed E-state index contributed by atoms with van der Waals surface area (Å²) in [6, 6.07) is 0.664. The minimum absolute atomic E-state index is 0.0158. The maximum absolute atomic E-state index is 11.4. The molecule has 4 nitrogen and oxygen atoms in total. The van der Waals surface area contributed by atoms with Gasteiger partial charge in [0.25, 0.3) is 0 Å². The second kappa shape index (κ2) is 6.13. The molecular formula is C11H21N3OS. The molecule has 1 amide bonds. The van der Waals surface area contributed by atoms with Gasteiger partial charge in [-0.05, 0) is 19.8 Å². The molecule has 0 saturated carbocycles. The van der Waals surface area contributed by atoms with Crippen LogP contribution < -0.4 is 10.6 Å². The largest absolute Gasteiger partial charge is 0.361 e. The lowest BCUT2D eigenvalue weighted by atomic mass is 10.1. The summed E-state index contributed by atoms with van der Waals surface area (Å²) in [5, 5.41) is 7.05. The molecule has 0 aromatic heterocycles. The van der Waals surface area contributed by atoms with E-state index in [0.29, 0.717) is 12.0 Å². The van der Waals surface area contributed by atoms with Crippen molar-refractivity contribution in [1.29, 1.82) is 0 Å². The van der Waals surface area contributed by atoms with Crippen molar-refractivity contribution in [2.24, 2.45) is 10.9 Å². The Kier molecular flexibility index (Phi) is 5.12. The molecule has 1 rings (SSSR count). The Labute approximate surface area is 102 Å². The molecule has 16 heavy (non-hydrogen) atoms. The topological polar surface area (TPSA) is 53.5 Å². The van der Waals surface area contributed by atoms with E-state index in [-0.39, 0.29) is 18.5 Å². The lowest BCUT2D eigenvalue weighted by Gasteiger charge is -2.13. The fraction of sp³-hybridized carbons (Fsp3) is 0.818. The van der Waals surface area contributed by atoms with Gasteiger partial charge >= 0.3 is 0 Å². The molecule has 1 saturated heterocycles. The van der Waals surface area contributed by atoms with Gasteiger partial charge in [-0.3, -0.25) is 9.79 Å². The molecule has 0 spiro atoms. The first-order valence-corrected chi connectivity index (χ1v) is 6.70. The van der Waals surface area contributed by atoms with Crippen LogP contribution in [0, 0.1) is 5.92 Å². The third kappa shape index (κ3) is 4.43. The van der Waals surface area contributed by atoms with E-state index in [9.17, 15) is 4.79 Å². The van der Waals surface area contributed by atoms with Crippen LogP contribution in [0.5, 0.6) is 0 Å². The molecule has 0 aliphatic carbocycles. The van der Waals surface area contributed by atoms with Gasteiger partial charge in [-0.2, -0.15) is 0 Å². The maximum Gasteiger partial charge on any atom is 0.241 e. The summed E-state index contributed by atoms with van der Waals surface area (Å²) in [7, 11) is 0. The summed E-state index contributed by atoms with van der Waals surface area (Å²) < 4.78 is 0. The number of rotatable bonds is 4. The number of nitrogens with zero attached hydrogens (tertiary/aromatic N) is 1. The van der Waals surface area contributed by atoms with E-state index in [4.69, 9.17) is 0 Å². The molecule has 1 atom stereocenters. The molecule has 1 fully saturated rings. The highest BCUT2D eigenvalue weighted by atomic mass is 32.2. The normalized spacial score (nSPS) is 22.9. The lowest BCUT2D eigenvalue weighted by Crippen LogP contribution is -2.34. The fourth-order valence-electron chi connectivity index (χ4n) is 1.37. The van der Waals surface area contributed by atoms with Crippen LogP contribution in [-0.4, -0.2) is 35.5 Å². The van der Waals surface area contributed by atoms with Gasteiger partial charge in [0.2, 0.25) is 5.91 Å². The minimum atomic E-state index is -0.0158. The Bertz CT molecular complexity index is 276. The van der Waals surface area contributed by atoms with E-state index < -0.39 is 0 Å². The minimum Gasteiger partial charge on any atom is -0.361 e. The average Bonchev–Trinajstić information content (AvgIpc) is 2.61. The van der Waals surface area contributed by atoms with Crippen LogP contribution in [0.25, 0.3) is 0 Å². The van der Waals surface area contributed by atoms with Crippen molar-refractivity contribution in [3.63, 3.8) is 0 Å². The molecule has 1 aliphatic heterocycles. The summed E-state index contributed by atoms with van der Waals surface area (Å²) in [4.78, 5) is 15.6. The second-order valence-electron chi connectivity index (χ2n) is 4.65. The predicted molar refractivity (Wildman–Crippen MR) is 69.8 cm³/mol. The molecular weight excluding hydrogens is 222 g/mol. The van der Waals surface area contributed by atoms with Crippen molar-refractivity contribution >= 4 is 22.8 Å². The lowest BCUT2D eigenvalue weighted by molar-refractivity contribution is -0.120. The molecule has 92 valence electrons. The van der Waals surface area contributed by atoms with E-state index in [0.717, 1.165) is 10.9 Å². The fourth-order valence-corrected chi connectivity index (χ4v) is 2.57. The molecule has 5 heteroatoms. The molecule has 0 aromatic rings. The van der Waals surface area contributed by atoms with Crippen molar-refractivity contribution < 1.29 is 4.79 Å². The highest BCUT2D eigenvalue weighted by molar-refractivity contribution is 8.14. The van der Waals surface area contributed by atoms with Crippen molar-refractivity contribution in [3.05, 3.63) is 0 Å². The van der Waals surface area contributed by atoms with Crippen LogP contribution in [0.3, 0.4) is 0 Å². The Balaban J connectivity index is 2.34. The van der Waals surface area contributed by atoms with E-state index in [2.05, 4.69) is 29.5 Å². The van der Waals surface area contributed by atoms with E-state index in [1.165, 1.54) is 0 Å². The number of amidine groups is 1. The first kappa shape index (κ1) is 13.4. The number of carbonyl (C=O) groups excluding carboxylic acids is 1. The Morgan fingerprint density at radius 1 is 1.56 bits per heavy atom. The van der Waals surface area contributed by atoms with Crippen LogP contribution in [0.15, 0.2) is 4.99 Å². The molecule has 0 radical (unpaired) electrons. The summed E-state index contributed by atoms with van der Waals surface area (Å²) >= 11 is 1.70. The summed E-state index contributed by atoms with van der Waals surface area (Å²) in [5.74, 6) is 1.63. The summed E-state index contributed by atoms with van der Waals surface area (Å²) in [5.41, 5.74) is 0. The second-order valence-corrected chi connectivity index (χ2v) is 5.66. The van der Waals surface area contributed by atoms with Gasteiger partial charge < -0.3 is 10.6 Å². The Morgan fingerprint density at radius 2 is 2.25 bits per heavy atom. The van der Waals surface area contributed by atoms with Crippen LogP contribution >= 0.6 is 11.8 Å². The van der Waals surface area contributed by atoms with Crippen LogP contribution in [-0.2, 0) is 4.79 Å². The summed E-state index contributed by atoms with van der Waals surface area (Å²) in [6.45, 7) is 8.49. The number of amides is 1. The third-order valence-corrected chi connectivity index (χ3v) is 3.38. The SMILES string of the molecule is CC(C)NC(=O)CN=C1NC(C(C)C)CS1. The van der Waals surface area contributed by atoms with Gasteiger partial charge in [0, 0.05) is 17.8 Å². The number of hydrogen-bond donors (Lipinski definition) is 2. The van der Waals surface area contributed by atoms with Crippen molar-refractivity contribution in [3.8, 4) is 0 Å². The van der Waals surface area contributed by atoms with Crippen molar-refractivity contribution in [2.75, 3.05) is 12.3 Å². The maximum atomic E-state index is 11.4. The third-order valence-electron chi connectivity index (χ3n) is 2.33. The highest BCUT2D eigenvalue weighted by Crippen LogP contribution is 2.18. The number of hydrogen-bond acceptors (Lipinski definition) is 3. The zero-order valence-electron chi connectivity index (χ0n) is 10.4. The van der Waals surface area contributed by atoms with Gasteiger partial charge in [-0.1, -0.05) is 25.6 Å². The van der Waals surface area contributed by atoms with E-state index >= 15 is 0 Å². The smallest absolute Gasteiger partial charge is 0.241 e. The van der Waals surface area contributed by atoms with Crippen LogP contribution in [0.2, 0.25) is 0 Å². The first-order chi connectivity index (χ1) is 7.49. The molecule has 1 heterocycles. The highest BCUT2D eigenvalue weighted by Gasteiger charge is 2.22. The quantitative estimate of drug-likeness (QED) is 0.781. The molecule has 0 aromatic carbocycles. The first-order valence-electron chi connectivity index (χ1n) is 5.72. The number of nitrogens with one attached hydrogen (secondary N) is 2. The predicted octanol–water partition coefficient (Wildman–Crippen LogP) is 1.23. The van der Waals surface area contributed by atoms with E-state index in [1.807, 2.05) is 13.8 Å². The zero-order chi connectivity index (χ0) is 12.1. The van der Waals surface area contributed by atoms with Crippen molar-refractivity contribution in [2.45, 2.75) is 39.8 Å². The zero-order valence-corrected chi connectivity index (χ0v) is 11.2. The van der Waals surface area contributed by atoms with Crippen LogP contribution in [0.1, 0.15) is 27.7 Å². The molecule has 1 unspecified atom stereocenters. The number of aliphatic imine (C=N–C) groups is 1. The van der Waals surface area contributed by atoms with Crippen molar-refractivity contribution in [1.82, 2.24) is 10.6 Å². The Hall–Kier alpha value is -0.710.